The number of hydrogen-bond acceptors (Lipinski definition) is 4. The van der Waals surface area contributed by atoms with E-state index in [1.807, 2.05) is 36.4 Å². The van der Waals surface area contributed by atoms with Gasteiger partial charge in [-0.05, 0) is 55.7 Å². The summed E-state index contributed by atoms with van der Waals surface area (Å²) in [6.07, 6.45) is 1.25. The van der Waals surface area contributed by atoms with Crippen molar-refractivity contribution < 1.29 is 19.4 Å². The second-order valence-corrected chi connectivity index (χ2v) is 7.36. The van der Waals surface area contributed by atoms with Crippen LogP contribution in [0, 0.1) is 0 Å². The summed E-state index contributed by atoms with van der Waals surface area (Å²) in [7, 11) is 1.62. The monoisotopic (exact) mass is 384 g/mol. The van der Waals surface area contributed by atoms with Crippen LogP contribution in [0.15, 0.2) is 48.5 Å². The molecule has 0 aliphatic heterocycles. The lowest BCUT2D eigenvalue weighted by Crippen LogP contribution is -2.46. The number of anilines is 1. The molecule has 0 radical (unpaired) electrons. The van der Waals surface area contributed by atoms with E-state index < -0.39 is 5.54 Å². The Morgan fingerprint density at radius 1 is 0.964 bits per heavy atom. The number of rotatable bonds is 9. The maximum atomic E-state index is 12.1. The van der Waals surface area contributed by atoms with Crippen LogP contribution in [0.4, 0.5) is 5.69 Å². The lowest BCUT2D eigenvalue weighted by molar-refractivity contribution is -0.122. The molecule has 6 nitrogen and oxygen atoms in total. The minimum Gasteiger partial charge on any atom is -0.497 e. The quantitative estimate of drug-likeness (QED) is 0.620. The summed E-state index contributed by atoms with van der Waals surface area (Å²) < 4.78 is 5.12. The van der Waals surface area contributed by atoms with Gasteiger partial charge >= 0.3 is 0 Å². The fourth-order valence-electron chi connectivity index (χ4n) is 2.63. The molecular formula is C22H28N2O4. The van der Waals surface area contributed by atoms with Gasteiger partial charge < -0.3 is 20.5 Å². The van der Waals surface area contributed by atoms with E-state index >= 15 is 0 Å². The van der Waals surface area contributed by atoms with Gasteiger partial charge in [-0.25, -0.2) is 0 Å². The number of amides is 2. The maximum Gasteiger partial charge on any atom is 0.224 e. The third-order valence-corrected chi connectivity index (χ3v) is 4.28. The zero-order chi connectivity index (χ0) is 20.6. The number of methoxy groups -OCH3 is 1. The first-order valence-electron chi connectivity index (χ1n) is 9.25. The Bertz CT molecular complexity index is 783. The molecule has 0 saturated carbocycles. The number of ether oxygens (including phenoxy) is 1. The zero-order valence-corrected chi connectivity index (χ0v) is 16.6. The average molecular weight is 384 g/mol. The first-order valence-corrected chi connectivity index (χ1v) is 9.25. The Morgan fingerprint density at radius 2 is 1.57 bits per heavy atom. The number of nitrogens with one attached hydrogen (secondary N) is 2. The van der Waals surface area contributed by atoms with Crippen LogP contribution >= 0.6 is 0 Å². The van der Waals surface area contributed by atoms with Gasteiger partial charge in [0.05, 0.1) is 25.7 Å². The normalized spacial score (nSPS) is 11.0. The smallest absolute Gasteiger partial charge is 0.224 e. The first-order chi connectivity index (χ1) is 13.3. The SMILES string of the molecule is COc1ccc(CCC(=O)Nc2ccc(CC(=O)NC(C)(C)CO)cc2)cc1. The summed E-state index contributed by atoms with van der Waals surface area (Å²) in [5.41, 5.74) is 1.96. The van der Waals surface area contributed by atoms with Crippen molar-refractivity contribution in [3.05, 3.63) is 59.7 Å². The summed E-state index contributed by atoms with van der Waals surface area (Å²) in [4.78, 5) is 24.1. The highest BCUT2D eigenvalue weighted by Crippen LogP contribution is 2.14. The number of carbonyl (C=O) groups excluding carboxylic acids is 2. The number of hydrogen-bond donors (Lipinski definition) is 3. The molecule has 0 atom stereocenters. The molecule has 150 valence electrons. The van der Waals surface area contributed by atoms with Gasteiger partial charge in [0.25, 0.3) is 0 Å². The van der Waals surface area contributed by atoms with E-state index in [1.54, 1.807) is 33.1 Å². The highest BCUT2D eigenvalue weighted by Gasteiger charge is 2.18. The van der Waals surface area contributed by atoms with Gasteiger partial charge in [0, 0.05) is 12.1 Å². The summed E-state index contributed by atoms with van der Waals surface area (Å²) in [5, 5.41) is 14.8. The van der Waals surface area contributed by atoms with Crippen molar-refractivity contribution in [1.29, 1.82) is 0 Å². The number of benzene rings is 2. The van der Waals surface area contributed by atoms with Gasteiger partial charge in [-0.15, -0.1) is 0 Å². The highest BCUT2D eigenvalue weighted by molar-refractivity contribution is 5.90. The minimum absolute atomic E-state index is 0.0639. The molecule has 2 amide bonds. The molecule has 6 heteroatoms. The Hall–Kier alpha value is -2.86. The van der Waals surface area contributed by atoms with Crippen molar-refractivity contribution in [3.63, 3.8) is 0 Å². The molecule has 0 saturated heterocycles. The fraction of sp³-hybridized carbons (Fsp3) is 0.364. The Labute approximate surface area is 165 Å². The van der Waals surface area contributed by atoms with Gasteiger partial charge in [0.1, 0.15) is 5.75 Å². The van der Waals surface area contributed by atoms with E-state index in [4.69, 9.17) is 4.74 Å². The molecular weight excluding hydrogens is 356 g/mol. The van der Waals surface area contributed by atoms with E-state index in [2.05, 4.69) is 10.6 Å². The number of carbonyl (C=O) groups is 2. The average Bonchev–Trinajstić information content (AvgIpc) is 2.68. The highest BCUT2D eigenvalue weighted by atomic mass is 16.5. The molecule has 28 heavy (non-hydrogen) atoms. The van der Waals surface area contributed by atoms with Crippen LogP contribution in [0.1, 0.15) is 31.4 Å². The van der Waals surface area contributed by atoms with E-state index in [0.717, 1.165) is 16.9 Å². The second-order valence-electron chi connectivity index (χ2n) is 7.36. The van der Waals surface area contributed by atoms with Crippen LogP contribution < -0.4 is 15.4 Å². The minimum atomic E-state index is -0.644. The number of aliphatic hydroxyl groups is 1. The lowest BCUT2D eigenvalue weighted by atomic mass is 10.1. The number of aliphatic hydroxyl groups excluding tert-OH is 1. The van der Waals surface area contributed by atoms with Crippen LogP contribution in [0.5, 0.6) is 5.75 Å². The summed E-state index contributed by atoms with van der Waals surface area (Å²) in [5.74, 6) is 0.572. The molecule has 0 heterocycles. The third-order valence-electron chi connectivity index (χ3n) is 4.28. The molecule has 0 aliphatic rings. The Balaban J connectivity index is 1.80. The van der Waals surface area contributed by atoms with E-state index in [0.29, 0.717) is 18.5 Å². The molecule has 0 spiro atoms. The predicted molar refractivity (Wildman–Crippen MR) is 109 cm³/mol. The number of aryl methyl sites for hydroxylation is 1. The lowest BCUT2D eigenvalue weighted by Gasteiger charge is -2.23. The van der Waals surface area contributed by atoms with Gasteiger partial charge in [-0.1, -0.05) is 24.3 Å². The summed E-state index contributed by atoms with van der Waals surface area (Å²) in [6, 6.07) is 14.8. The largest absolute Gasteiger partial charge is 0.497 e. The molecule has 0 fully saturated rings. The molecule has 0 unspecified atom stereocenters. The van der Waals surface area contributed by atoms with Gasteiger partial charge in [-0.2, -0.15) is 0 Å². The third kappa shape index (κ3) is 7.04. The molecule has 2 rings (SSSR count). The molecule has 2 aromatic carbocycles. The van der Waals surface area contributed by atoms with Gasteiger partial charge in [0.15, 0.2) is 0 Å². The fourth-order valence-corrected chi connectivity index (χ4v) is 2.63. The molecule has 0 aromatic heterocycles. The van der Waals surface area contributed by atoms with Crippen LogP contribution in [0.3, 0.4) is 0 Å². The van der Waals surface area contributed by atoms with E-state index in [9.17, 15) is 14.7 Å². The van der Waals surface area contributed by atoms with Crippen molar-refractivity contribution in [2.75, 3.05) is 19.0 Å². The predicted octanol–water partition coefficient (Wildman–Crippen LogP) is 2.70. The standard InChI is InChI=1S/C22H28N2O4/c1-22(2,15-25)24-21(27)14-17-4-9-18(10-5-17)23-20(26)13-8-16-6-11-19(28-3)12-7-16/h4-7,9-12,25H,8,13-15H2,1-3H3,(H,23,26)(H,24,27). The van der Waals surface area contributed by atoms with Crippen LogP contribution in [-0.2, 0) is 22.4 Å². The van der Waals surface area contributed by atoms with Crippen molar-refractivity contribution in [3.8, 4) is 5.75 Å². The van der Waals surface area contributed by atoms with Crippen molar-refractivity contribution in [1.82, 2.24) is 5.32 Å². The second kappa shape index (κ2) is 9.90. The van der Waals surface area contributed by atoms with E-state index in [1.165, 1.54) is 0 Å². The maximum absolute atomic E-state index is 12.1. The van der Waals surface area contributed by atoms with Crippen LogP contribution in [0.2, 0.25) is 0 Å². The molecule has 2 aromatic rings. The van der Waals surface area contributed by atoms with E-state index in [-0.39, 0.29) is 24.8 Å². The topological polar surface area (TPSA) is 87.7 Å². The molecule has 3 N–H and O–H groups in total. The van der Waals surface area contributed by atoms with Crippen molar-refractivity contribution in [2.45, 2.75) is 38.6 Å². The zero-order valence-electron chi connectivity index (χ0n) is 16.6. The molecule has 0 bridgehead atoms. The van der Waals surface area contributed by atoms with Crippen LogP contribution in [-0.4, -0.2) is 36.2 Å². The van der Waals surface area contributed by atoms with Crippen LogP contribution in [0.25, 0.3) is 0 Å². The van der Waals surface area contributed by atoms with Gasteiger partial charge in [-0.3, -0.25) is 9.59 Å². The molecule has 0 aliphatic carbocycles. The summed E-state index contributed by atoms with van der Waals surface area (Å²) in [6.45, 7) is 3.39. The van der Waals surface area contributed by atoms with Crippen molar-refractivity contribution in [2.24, 2.45) is 0 Å². The first kappa shape index (κ1) is 21.4. The van der Waals surface area contributed by atoms with Gasteiger partial charge in [0.2, 0.25) is 11.8 Å². The Kier molecular flexibility index (Phi) is 7.58. The summed E-state index contributed by atoms with van der Waals surface area (Å²) >= 11 is 0. The van der Waals surface area contributed by atoms with Crippen molar-refractivity contribution >= 4 is 17.5 Å². The Morgan fingerprint density at radius 3 is 2.14 bits per heavy atom.